The van der Waals surface area contributed by atoms with Gasteiger partial charge in [-0.05, 0) is 49.6 Å². The van der Waals surface area contributed by atoms with Crippen LogP contribution >= 0.6 is 11.3 Å². The molecule has 196 valence electrons. The van der Waals surface area contributed by atoms with Crippen LogP contribution in [0, 0.1) is 10.1 Å². The van der Waals surface area contributed by atoms with Crippen molar-refractivity contribution in [2.24, 2.45) is 4.99 Å². The van der Waals surface area contributed by atoms with E-state index in [9.17, 15) is 28.1 Å². The van der Waals surface area contributed by atoms with Gasteiger partial charge >= 0.3 is 5.97 Å². The van der Waals surface area contributed by atoms with Gasteiger partial charge in [-0.1, -0.05) is 24.7 Å². The zero-order chi connectivity index (χ0) is 26.7. The van der Waals surface area contributed by atoms with Crippen molar-refractivity contribution in [1.82, 2.24) is 8.87 Å². The highest BCUT2D eigenvalue weighted by Crippen LogP contribution is 2.27. The summed E-state index contributed by atoms with van der Waals surface area (Å²) in [5.41, 5.74) is 0.520. The molecule has 37 heavy (non-hydrogen) atoms. The lowest BCUT2D eigenvalue weighted by Gasteiger charge is -2.34. The number of non-ortho nitro benzene ring substituents is 1. The largest absolute Gasteiger partial charge is 0.468 e. The maximum Gasteiger partial charge on any atom is 0.325 e. The number of benzene rings is 2. The first-order valence-corrected chi connectivity index (χ1v) is 14.0. The van der Waals surface area contributed by atoms with Crippen LogP contribution in [0.4, 0.5) is 5.69 Å². The molecule has 1 saturated heterocycles. The van der Waals surface area contributed by atoms with Crippen LogP contribution in [0.15, 0.2) is 52.4 Å². The lowest BCUT2D eigenvalue weighted by molar-refractivity contribution is -0.384. The molecule has 1 amide bonds. The molecular weight excluding hydrogens is 520 g/mol. The van der Waals surface area contributed by atoms with Gasteiger partial charge in [0, 0.05) is 30.3 Å². The number of nitrogens with zero attached hydrogens (tertiary/aromatic N) is 4. The van der Waals surface area contributed by atoms with Crippen molar-refractivity contribution in [3.05, 3.63) is 62.9 Å². The summed E-state index contributed by atoms with van der Waals surface area (Å²) in [6, 6.07) is 9.72. The summed E-state index contributed by atoms with van der Waals surface area (Å²) < 4.78 is 34.6. The Morgan fingerprint density at radius 1 is 1.19 bits per heavy atom. The molecule has 0 N–H and O–H groups in total. The number of carbonyl (C=O) groups excluding carboxylic acids is 2. The van der Waals surface area contributed by atoms with Gasteiger partial charge < -0.3 is 9.30 Å². The van der Waals surface area contributed by atoms with Crippen molar-refractivity contribution in [3.8, 4) is 0 Å². The molecule has 1 atom stereocenters. The number of amides is 1. The van der Waals surface area contributed by atoms with Crippen LogP contribution in [-0.4, -0.2) is 53.8 Å². The number of nitro benzene ring substituents is 1. The molecule has 0 spiro atoms. The Balaban J connectivity index is 1.68. The van der Waals surface area contributed by atoms with E-state index in [-0.39, 0.29) is 33.5 Å². The Kier molecular flexibility index (Phi) is 7.85. The molecule has 1 aliphatic heterocycles. The van der Waals surface area contributed by atoms with Crippen LogP contribution < -0.4 is 4.80 Å². The van der Waals surface area contributed by atoms with Crippen molar-refractivity contribution < 1.29 is 27.7 Å². The number of fused-ring (bicyclic) bond motifs is 1. The zero-order valence-electron chi connectivity index (χ0n) is 20.3. The quantitative estimate of drug-likeness (QED) is 0.251. The minimum absolute atomic E-state index is 0.0379. The monoisotopic (exact) mass is 546 g/mol. The summed E-state index contributed by atoms with van der Waals surface area (Å²) in [5, 5.41) is 11.2. The fourth-order valence-corrected chi connectivity index (χ4v) is 7.19. The third-order valence-electron chi connectivity index (χ3n) is 6.34. The second-order valence-electron chi connectivity index (χ2n) is 8.57. The van der Waals surface area contributed by atoms with E-state index in [0.29, 0.717) is 16.8 Å². The highest BCUT2D eigenvalue weighted by Gasteiger charge is 2.32. The van der Waals surface area contributed by atoms with Gasteiger partial charge in [0.05, 0.1) is 27.1 Å². The van der Waals surface area contributed by atoms with Gasteiger partial charge in [-0.25, -0.2) is 8.42 Å². The Hall–Kier alpha value is -3.42. The van der Waals surface area contributed by atoms with Crippen LogP contribution in [0.3, 0.4) is 0 Å². The van der Waals surface area contributed by atoms with E-state index >= 15 is 0 Å². The lowest BCUT2D eigenvalue weighted by atomic mass is 10.0. The van der Waals surface area contributed by atoms with Crippen molar-refractivity contribution in [2.75, 3.05) is 13.7 Å². The molecule has 2 aromatic carbocycles. The zero-order valence-corrected chi connectivity index (χ0v) is 22.0. The molecule has 1 aromatic heterocycles. The summed E-state index contributed by atoms with van der Waals surface area (Å²) in [7, 11) is -2.46. The Morgan fingerprint density at radius 3 is 2.57 bits per heavy atom. The molecule has 0 radical (unpaired) electrons. The predicted octanol–water partition coefficient (Wildman–Crippen LogP) is 3.48. The van der Waals surface area contributed by atoms with Crippen molar-refractivity contribution in [2.45, 2.75) is 50.1 Å². The van der Waals surface area contributed by atoms with Crippen LogP contribution in [0.25, 0.3) is 10.2 Å². The second-order valence-corrected chi connectivity index (χ2v) is 11.5. The first-order valence-electron chi connectivity index (χ1n) is 11.7. The molecule has 0 bridgehead atoms. The van der Waals surface area contributed by atoms with Gasteiger partial charge in [-0.2, -0.15) is 9.30 Å². The number of carbonyl (C=O) groups is 2. The topological polar surface area (TPSA) is 141 Å². The average Bonchev–Trinajstić information content (AvgIpc) is 3.24. The van der Waals surface area contributed by atoms with Gasteiger partial charge in [0.1, 0.15) is 6.54 Å². The molecule has 0 aliphatic carbocycles. The molecule has 3 aromatic rings. The lowest BCUT2D eigenvalue weighted by Crippen LogP contribution is -2.43. The number of nitro groups is 1. The van der Waals surface area contributed by atoms with E-state index in [2.05, 4.69) is 4.99 Å². The van der Waals surface area contributed by atoms with Crippen LogP contribution in [0.2, 0.25) is 0 Å². The first kappa shape index (κ1) is 26.6. The number of methoxy groups -OCH3 is 1. The van der Waals surface area contributed by atoms with E-state index < -0.39 is 26.8 Å². The second kappa shape index (κ2) is 10.9. The molecule has 0 saturated carbocycles. The third kappa shape index (κ3) is 5.48. The Morgan fingerprint density at radius 2 is 1.92 bits per heavy atom. The fourth-order valence-electron chi connectivity index (χ4n) is 4.36. The number of hydrogen-bond donors (Lipinski definition) is 0. The molecule has 2 heterocycles. The minimum atomic E-state index is -3.69. The molecule has 13 heteroatoms. The predicted molar refractivity (Wildman–Crippen MR) is 137 cm³/mol. The van der Waals surface area contributed by atoms with Gasteiger partial charge in [-0.3, -0.25) is 19.7 Å². The molecule has 1 unspecified atom stereocenters. The van der Waals surface area contributed by atoms with E-state index in [0.717, 1.165) is 37.0 Å². The number of thiazole rings is 1. The van der Waals surface area contributed by atoms with E-state index in [1.807, 2.05) is 6.92 Å². The first-order chi connectivity index (χ1) is 17.6. The van der Waals surface area contributed by atoms with Crippen LogP contribution in [-0.2, 0) is 26.1 Å². The number of piperidine rings is 1. The molecule has 1 aliphatic rings. The van der Waals surface area contributed by atoms with Crippen LogP contribution in [0.1, 0.15) is 43.0 Å². The standard InChI is InChI=1S/C24H26N4O7S2/c1-3-17-6-4-5-13-27(17)37(33,34)19-10-7-16(8-11-19)23(30)25-24-26(15-22(29)35-2)20-12-9-18(28(31)32)14-21(20)36-24/h7-12,14,17H,3-6,13,15H2,1-2H3. The highest BCUT2D eigenvalue weighted by molar-refractivity contribution is 7.89. The maximum atomic E-state index is 13.2. The van der Waals surface area contributed by atoms with Crippen LogP contribution in [0.5, 0.6) is 0 Å². The smallest absolute Gasteiger partial charge is 0.325 e. The summed E-state index contributed by atoms with van der Waals surface area (Å²) in [5.74, 6) is -1.22. The number of ether oxygens (including phenoxy) is 1. The van der Waals surface area contributed by atoms with Gasteiger partial charge in [0.15, 0.2) is 4.80 Å². The SMILES string of the molecule is CCC1CCCCN1S(=O)(=O)c1ccc(C(=O)N=c2sc3cc([N+](=O)[O-])ccc3n2CC(=O)OC)cc1. The summed E-state index contributed by atoms with van der Waals surface area (Å²) in [4.78, 5) is 40.0. The Labute approximate surface area is 217 Å². The molecule has 1 fully saturated rings. The third-order valence-corrected chi connectivity index (χ3v) is 9.35. The number of hydrogen-bond acceptors (Lipinski definition) is 8. The van der Waals surface area contributed by atoms with E-state index in [4.69, 9.17) is 4.74 Å². The highest BCUT2D eigenvalue weighted by atomic mass is 32.2. The van der Waals surface area contributed by atoms with Crippen molar-refractivity contribution >= 4 is 49.1 Å². The van der Waals surface area contributed by atoms with E-state index in [1.165, 1.54) is 54.1 Å². The van der Waals surface area contributed by atoms with Crippen molar-refractivity contribution in [1.29, 1.82) is 0 Å². The van der Waals surface area contributed by atoms with Gasteiger partial charge in [0.25, 0.3) is 11.6 Å². The fraction of sp³-hybridized carbons (Fsp3) is 0.375. The number of rotatable bonds is 7. The summed E-state index contributed by atoms with van der Waals surface area (Å²) >= 11 is 1.02. The Bertz CT molecular complexity index is 1520. The number of sulfonamides is 1. The van der Waals surface area contributed by atoms with Gasteiger partial charge in [0.2, 0.25) is 10.0 Å². The normalized spacial score (nSPS) is 17.1. The molecular formula is C24H26N4O7S2. The molecule has 4 rings (SSSR count). The summed E-state index contributed by atoms with van der Waals surface area (Å²) in [6.07, 6.45) is 3.38. The molecule has 11 nitrogen and oxygen atoms in total. The average molecular weight is 547 g/mol. The van der Waals surface area contributed by atoms with Crippen molar-refractivity contribution in [3.63, 3.8) is 0 Å². The number of aromatic nitrogens is 1. The maximum absolute atomic E-state index is 13.2. The minimum Gasteiger partial charge on any atom is -0.468 e. The number of esters is 1. The van der Waals surface area contributed by atoms with E-state index in [1.54, 1.807) is 4.31 Å². The van der Waals surface area contributed by atoms with Gasteiger partial charge in [-0.15, -0.1) is 0 Å². The summed E-state index contributed by atoms with van der Waals surface area (Å²) in [6.45, 7) is 2.20.